The topological polar surface area (TPSA) is 33.1 Å². The number of hydrogen-bond donors (Lipinski definition) is 1. The van der Waals surface area contributed by atoms with Crippen molar-refractivity contribution in [1.29, 1.82) is 0 Å². The molecule has 0 spiro atoms. The van der Waals surface area contributed by atoms with Crippen LogP contribution in [-0.4, -0.2) is 16.7 Å². The van der Waals surface area contributed by atoms with Crippen molar-refractivity contribution in [3.05, 3.63) is 35.7 Å². The molecule has 1 aromatic heterocycles. The lowest BCUT2D eigenvalue weighted by molar-refractivity contribution is 0.343. The minimum Gasteiger partial charge on any atom is -0.392 e. The van der Waals surface area contributed by atoms with Gasteiger partial charge in [-0.25, -0.2) is 0 Å². The van der Waals surface area contributed by atoms with Crippen molar-refractivity contribution in [1.82, 2.24) is 4.98 Å². The van der Waals surface area contributed by atoms with Crippen LogP contribution >= 0.6 is 0 Å². The van der Waals surface area contributed by atoms with Gasteiger partial charge in [-0.2, -0.15) is 0 Å². The summed E-state index contributed by atoms with van der Waals surface area (Å²) in [5, 5.41) is 8.52. The average Bonchev–Trinajstić information content (AvgIpc) is 2.03. The van der Waals surface area contributed by atoms with Crippen molar-refractivity contribution in [2.24, 2.45) is 0 Å². The third kappa shape index (κ3) is 2.16. The number of nitrogens with zero attached hydrogens (tertiary/aromatic N) is 1. The van der Waals surface area contributed by atoms with Gasteiger partial charge in [0.05, 0.1) is 6.61 Å². The molecule has 2 heteroatoms. The van der Waals surface area contributed by atoms with E-state index in [9.17, 15) is 0 Å². The van der Waals surface area contributed by atoms with Crippen molar-refractivity contribution in [3.8, 4) is 0 Å². The van der Waals surface area contributed by atoms with Gasteiger partial charge in [0.25, 0.3) is 0 Å². The van der Waals surface area contributed by atoms with Gasteiger partial charge in [-0.1, -0.05) is 12.2 Å². The summed E-state index contributed by atoms with van der Waals surface area (Å²) >= 11 is 0. The van der Waals surface area contributed by atoms with Crippen LogP contribution in [0.5, 0.6) is 0 Å². The van der Waals surface area contributed by atoms with E-state index < -0.39 is 0 Å². The Bertz CT molecular complexity index is 255. The molecule has 1 rings (SSSR count). The van der Waals surface area contributed by atoms with Gasteiger partial charge in [-0.05, 0) is 24.1 Å². The fourth-order valence-corrected chi connectivity index (χ4v) is 0.851. The lowest BCUT2D eigenvalue weighted by Crippen LogP contribution is -1.81. The largest absolute Gasteiger partial charge is 0.392 e. The van der Waals surface area contributed by atoms with Gasteiger partial charge in [0.1, 0.15) is 0 Å². The molecule has 0 radical (unpaired) electrons. The van der Waals surface area contributed by atoms with Crippen molar-refractivity contribution in [2.45, 2.75) is 6.92 Å². The Morgan fingerprint density at radius 2 is 2.45 bits per heavy atom. The molecule has 0 aromatic carbocycles. The van der Waals surface area contributed by atoms with Crippen LogP contribution in [0.15, 0.2) is 24.5 Å². The van der Waals surface area contributed by atoms with E-state index in [4.69, 9.17) is 5.11 Å². The van der Waals surface area contributed by atoms with Crippen molar-refractivity contribution >= 4 is 6.08 Å². The fraction of sp³-hybridized carbons (Fsp3) is 0.222. The first-order valence-electron chi connectivity index (χ1n) is 3.52. The van der Waals surface area contributed by atoms with Crippen LogP contribution in [0.2, 0.25) is 0 Å². The molecule has 0 fully saturated rings. The van der Waals surface area contributed by atoms with Crippen LogP contribution in [-0.2, 0) is 0 Å². The fourth-order valence-electron chi connectivity index (χ4n) is 0.851. The van der Waals surface area contributed by atoms with Gasteiger partial charge in [0.2, 0.25) is 0 Å². The van der Waals surface area contributed by atoms with Crippen LogP contribution < -0.4 is 0 Å². The molecule has 0 saturated carbocycles. The van der Waals surface area contributed by atoms with Crippen LogP contribution in [0.25, 0.3) is 6.08 Å². The molecule has 58 valence electrons. The molecule has 1 heterocycles. The van der Waals surface area contributed by atoms with E-state index >= 15 is 0 Å². The normalized spacial score (nSPS) is 10.7. The predicted molar refractivity (Wildman–Crippen MR) is 45.1 cm³/mol. The van der Waals surface area contributed by atoms with E-state index in [2.05, 4.69) is 4.98 Å². The quantitative estimate of drug-likeness (QED) is 0.689. The summed E-state index contributed by atoms with van der Waals surface area (Å²) in [7, 11) is 0. The zero-order chi connectivity index (χ0) is 8.10. The van der Waals surface area contributed by atoms with E-state index in [1.165, 1.54) is 0 Å². The van der Waals surface area contributed by atoms with Gasteiger partial charge in [0.15, 0.2) is 0 Å². The summed E-state index contributed by atoms with van der Waals surface area (Å²) in [6.07, 6.45) is 7.14. The molecule has 11 heavy (non-hydrogen) atoms. The molecule has 0 bridgehead atoms. The Kier molecular flexibility index (Phi) is 2.81. The lowest BCUT2D eigenvalue weighted by Gasteiger charge is -1.96. The van der Waals surface area contributed by atoms with Crippen LogP contribution in [0, 0.1) is 6.92 Å². The first kappa shape index (κ1) is 7.95. The number of aromatic nitrogens is 1. The highest BCUT2D eigenvalue weighted by Crippen LogP contribution is 2.06. The predicted octanol–water partition coefficient (Wildman–Crippen LogP) is 1.40. The number of aliphatic hydroxyl groups excluding tert-OH is 1. The van der Waals surface area contributed by atoms with Crippen LogP contribution in [0.3, 0.4) is 0 Å². The summed E-state index contributed by atoms with van der Waals surface area (Å²) in [5.74, 6) is 0. The summed E-state index contributed by atoms with van der Waals surface area (Å²) in [6.45, 7) is 2.08. The Hall–Kier alpha value is -1.15. The molecular weight excluding hydrogens is 138 g/mol. The second-order valence-corrected chi connectivity index (χ2v) is 2.32. The van der Waals surface area contributed by atoms with Gasteiger partial charge >= 0.3 is 0 Å². The lowest BCUT2D eigenvalue weighted by atomic mass is 10.1. The van der Waals surface area contributed by atoms with E-state index in [0.29, 0.717) is 0 Å². The molecule has 0 aliphatic rings. The molecule has 0 amide bonds. The maximum Gasteiger partial charge on any atom is 0.0615 e. The standard InChI is InChI=1S/C9H11NO/c1-8-7-10-5-4-9(8)3-2-6-11/h2-5,7,11H,6H2,1H3. The van der Waals surface area contributed by atoms with Crippen molar-refractivity contribution in [2.75, 3.05) is 6.61 Å². The summed E-state index contributed by atoms with van der Waals surface area (Å²) in [6, 6.07) is 1.92. The van der Waals surface area contributed by atoms with Crippen molar-refractivity contribution < 1.29 is 5.11 Å². The van der Waals surface area contributed by atoms with E-state index in [1.54, 1.807) is 18.5 Å². The number of hydrogen-bond acceptors (Lipinski definition) is 2. The molecule has 0 aliphatic heterocycles. The Morgan fingerprint density at radius 1 is 1.64 bits per heavy atom. The van der Waals surface area contributed by atoms with E-state index in [-0.39, 0.29) is 6.61 Å². The summed E-state index contributed by atoms with van der Waals surface area (Å²) in [4.78, 5) is 3.96. The number of rotatable bonds is 2. The molecule has 1 aromatic rings. The monoisotopic (exact) mass is 149 g/mol. The highest BCUT2D eigenvalue weighted by molar-refractivity contribution is 5.52. The maximum absolute atomic E-state index is 8.52. The van der Waals surface area contributed by atoms with Gasteiger partial charge in [-0.15, -0.1) is 0 Å². The molecule has 0 atom stereocenters. The smallest absolute Gasteiger partial charge is 0.0615 e. The third-order valence-corrected chi connectivity index (χ3v) is 1.47. The maximum atomic E-state index is 8.52. The molecule has 1 N–H and O–H groups in total. The van der Waals surface area contributed by atoms with Gasteiger partial charge in [0, 0.05) is 12.4 Å². The van der Waals surface area contributed by atoms with Crippen molar-refractivity contribution in [3.63, 3.8) is 0 Å². The Morgan fingerprint density at radius 3 is 3.09 bits per heavy atom. The molecule has 0 unspecified atom stereocenters. The third-order valence-electron chi connectivity index (χ3n) is 1.47. The van der Waals surface area contributed by atoms with Gasteiger partial charge < -0.3 is 5.11 Å². The SMILES string of the molecule is Cc1cnccc1C=CCO. The van der Waals surface area contributed by atoms with Crippen LogP contribution in [0.4, 0.5) is 0 Å². The van der Waals surface area contributed by atoms with E-state index in [1.807, 2.05) is 19.1 Å². The first-order chi connectivity index (χ1) is 5.34. The molecule has 0 aliphatic carbocycles. The summed E-state index contributed by atoms with van der Waals surface area (Å²) < 4.78 is 0. The Labute approximate surface area is 66.2 Å². The van der Waals surface area contributed by atoms with Crippen LogP contribution in [0.1, 0.15) is 11.1 Å². The molecular formula is C9H11NO. The Balaban J connectivity index is 2.86. The second kappa shape index (κ2) is 3.88. The second-order valence-electron chi connectivity index (χ2n) is 2.32. The minimum absolute atomic E-state index is 0.0851. The zero-order valence-electron chi connectivity index (χ0n) is 6.49. The minimum atomic E-state index is 0.0851. The summed E-state index contributed by atoms with van der Waals surface area (Å²) in [5.41, 5.74) is 2.23. The number of aryl methyl sites for hydroxylation is 1. The number of pyridine rings is 1. The highest BCUT2D eigenvalue weighted by Gasteiger charge is 1.89. The highest BCUT2D eigenvalue weighted by atomic mass is 16.2. The molecule has 0 saturated heterocycles. The average molecular weight is 149 g/mol. The number of aliphatic hydroxyl groups is 1. The zero-order valence-corrected chi connectivity index (χ0v) is 6.49. The first-order valence-corrected chi connectivity index (χ1v) is 3.52. The van der Waals surface area contributed by atoms with Gasteiger partial charge in [-0.3, -0.25) is 4.98 Å². The van der Waals surface area contributed by atoms with E-state index in [0.717, 1.165) is 11.1 Å². The molecule has 2 nitrogen and oxygen atoms in total.